The number of fused-ring (bicyclic) bond motifs is 3. The number of para-hydroxylation sites is 1. The second kappa shape index (κ2) is 4.85. The molecule has 2 aromatic carbocycles. The summed E-state index contributed by atoms with van der Waals surface area (Å²) < 4.78 is 21.4. The number of aromatic nitrogens is 2. The van der Waals surface area contributed by atoms with Crippen molar-refractivity contribution in [3.8, 4) is 5.69 Å². The second-order valence-corrected chi connectivity index (χ2v) is 4.24. The summed E-state index contributed by atoms with van der Waals surface area (Å²) in [4.78, 5) is 0. The molecule has 0 aliphatic carbocycles. The Labute approximate surface area is 127 Å². The Morgan fingerprint density at radius 2 is 2.05 bits per heavy atom. The Morgan fingerprint density at radius 1 is 1.20 bits per heavy atom. The smallest absolute Gasteiger partial charge is 0.116 e. The van der Waals surface area contributed by atoms with Gasteiger partial charge >= 0.3 is 0 Å². The van der Waals surface area contributed by atoms with Crippen LogP contribution in [-0.4, -0.2) is 9.78 Å². The Kier molecular flexibility index (Phi) is 3.16. The molecule has 0 amide bonds. The third-order valence-corrected chi connectivity index (χ3v) is 3.12. The summed E-state index contributed by atoms with van der Waals surface area (Å²) >= 11 is 0. The van der Waals surface area contributed by atoms with E-state index in [4.69, 9.17) is 4.42 Å². The van der Waals surface area contributed by atoms with E-state index in [2.05, 4.69) is 11.2 Å². The predicted octanol–water partition coefficient (Wildman–Crippen LogP) is 3.71. The molecule has 20 heavy (non-hydrogen) atoms. The van der Waals surface area contributed by atoms with Crippen molar-refractivity contribution in [1.29, 1.82) is 0 Å². The molecule has 0 bridgehead atoms. The average Bonchev–Trinajstić information content (AvgIpc) is 3.06. The molecule has 0 aliphatic rings. The summed E-state index contributed by atoms with van der Waals surface area (Å²) in [7, 11) is 0. The molecule has 0 unspecified atom stereocenters. The topological polar surface area (TPSA) is 31.0 Å². The molecule has 0 N–H and O–H groups in total. The maximum absolute atomic E-state index is 14.1. The van der Waals surface area contributed by atoms with Gasteiger partial charge in [0.2, 0.25) is 0 Å². The molecule has 4 aromatic rings. The van der Waals surface area contributed by atoms with Crippen LogP contribution in [0.3, 0.4) is 0 Å². The first-order valence-corrected chi connectivity index (χ1v) is 5.86. The fraction of sp³-hybridized carbons (Fsp3) is 0. The van der Waals surface area contributed by atoms with Crippen molar-refractivity contribution in [2.24, 2.45) is 0 Å². The largest absolute Gasteiger partial charge is 0.513 e. The molecule has 0 atom stereocenters. The maximum Gasteiger partial charge on any atom is 0.116 e. The van der Waals surface area contributed by atoms with Crippen molar-refractivity contribution >= 4 is 21.9 Å². The Hall–Kier alpha value is -1.97. The van der Waals surface area contributed by atoms with E-state index < -0.39 is 0 Å². The molecular weight excluding hydrogens is 435 g/mol. The van der Waals surface area contributed by atoms with Crippen molar-refractivity contribution in [1.82, 2.24) is 9.78 Å². The summed E-state index contributed by atoms with van der Waals surface area (Å²) in [5, 5.41) is 5.37. The van der Waals surface area contributed by atoms with Gasteiger partial charge in [-0.05, 0) is 23.2 Å². The number of benzene rings is 2. The summed E-state index contributed by atoms with van der Waals surface area (Å²) in [6, 6.07) is 13.4. The minimum absolute atomic E-state index is 0. The van der Waals surface area contributed by atoms with Crippen molar-refractivity contribution < 1.29 is 28.9 Å². The SMILES string of the molecule is Fc1c[c-]c(-n2cccn2)c2oc3ccccc3c12.[Ir]. The maximum atomic E-state index is 14.1. The van der Waals surface area contributed by atoms with Gasteiger partial charge in [0.1, 0.15) is 5.58 Å². The molecule has 4 rings (SSSR count). The van der Waals surface area contributed by atoms with Gasteiger partial charge in [-0.2, -0.15) is 5.10 Å². The van der Waals surface area contributed by atoms with Crippen LogP contribution in [0, 0.1) is 11.9 Å². The summed E-state index contributed by atoms with van der Waals surface area (Å²) in [6.45, 7) is 0. The molecule has 2 aromatic heterocycles. The number of furan rings is 1. The molecule has 2 heterocycles. The molecule has 0 saturated carbocycles. The van der Waals surface area contributed by atoms with E-state index >= 15 is 0 Å². The van der Waals surface area contributed by atoms with Crippen LogP contribution >= 0.6 is 0 Å². The number of rotatable bonds is 1. The Morgan fingerprint density at radius 3 is 2.85 bits per heavy atom. The van der Waals surface area contributed by atoms with Crippen LogP contribution in [0.1, 0.15) is 0 Å². The summed E-state index contributed by atoms with van der Waals surface area (Å²) in [5.41, 5.74) is 1.73. The fourth-order valence-corrected chi connectivity index (χ4v) is 2.29. The molecular formula is C15H8FIrN2O-. The molecule has 0 fully saturated rings. The van der Waals surface area contributed by atoms with Gasteiger partial charge in [0.15, 0.2) is 0 Å². The molecule has 5 heteroatoms. The van der Waals surface area contributed by atoms with Crippen molar-refractivity contribution in [3.05, 3.63) is 60.7 Å². The van der Waals surface area contributed by atoms with E-state index in [1.54, 1.807) is 23.1 Å². The third kappa shape index (κ3) is 1.79. The zero-order chi connectivity index (χ0) is 12.8. The van der Waals surface area contributed by atoms with Gasteiger partial charge in [0.25, 0.3) is 0 Å². The van der Waals surface area contributed by atoms with Crippen molar-refractivity contribution in [2.45, 2.75) is 0 Å². The van der Waals surface area contributed by atoms with E-state index in [9.17, 15) is 4.39 Å². The van der Waals surface area contributed by atoms with Crippen LogP contribution in [0.4, 0.5) is 4.39 Å². The quantitative estimate of drug-likeness (QED) is 0.420. The summed E-state index contributed by atoms with van der Waals surface area (Å²) in [5.74, 6) is -0.337. The van der Waals surface area contributed by atoms with Crippen LogP contribution in [-0.2, 0) is 20.1 Å². The van der Waals surface area contributed by atoms with Gasteiger partial charge in [-0.15, -0.1) is 12.1 Å². The van der Waals surface area contributed by atoms with Gasteiger partial charge in [0.05, 0.1) is 5.58 Å². The van der Waals surface area contributed by atoms with Gasteiger partial charge in [-0.1, -0.05) is 18.2 Å². The number of nitrogens with zero attached hydrogens (tertiary/aromatic N) is 2. The third-order valence-electron chi connectivity index (χ3n) is 3.12. The average molecular weight is 443 g/mol. The zero-order valence-electron chi connectivity index (χ0n) is 10.1. The van der Waals surface area contributed by atoms with E-state index in [0.717, 1.165) is 5.39 Å². The van der Waals surface area contributed by atoms with E-state index in [1.807, 2.05) is 24.3 Å². The first-order chi connectivity index (χ1) is 9.34. The van der Waals surface area contributed by atoms with Gasteiger partial charge < -0.3 is 4.42 Å². The second-order valence-electron chi connectivity index (χ2n) is 4.24. The predicted molar refractivity (Wildman–Crippen MR) is 69.6 cm³/mol. The Bertz CT molecular complexity index is 884. The van der Waals surface area contributed by atoms with Crippen molar-refractivity contribution in [3.63, 3.8) is 0 Å². The zero-order valence-corrected chi connectivity index (χ0v) is 12.5. The van der Waals surface area contributed by atoms with E-state index in [-0.39, 0.29) is 25.9 Å². The molecule has 3 nitrogen and oxygen atoms in total. The van der Waals surface area contributed by atoms with Crippen LogP contribution in [0.5, 0.6) is 0 Å². The van der Waals surface area contributed by atoms with Crippen LogP contribution in [0.2, 0.25) is 0 Å². The van der Waals surface area contributed by atoms with Crippen LogP contribution < -0.4 is 0 Å². The van der Waals surface area contributed by atoms with Gasteiger partial charge in [-0.3, -0.25) is 9.07 Å². The molecule has 101 valence electrons. The standard InChI is InChI=1S/C15H8FN2O.Ir/c16-11-6-7-12(18-9-3-8-17-18)15-14(11)10-4-1-2-5-13(10)19-15;/h1-6,8-9H;/q-1;. The van der Waals surface area contributed by atoms with Gasteiger partial charge in [-0.25, -0.2) is 0 Å². The normalized spacial score (nSPS) is 10.8. The molecule has 1 radical (unpaired) electrons. The first-order valence-electron chi connectivity index (χ1n) is 5.86. The number of hydrogen-bond donors (Lipinski definition) is 0. The van der Waals surface area contributed by atoms with Crippen LogP contribution in [0.25, 0.3) is 27.6 Å². The molecule has 0 spiro atoms. The summed E-state index contributed by atoms with van der Waals surface area (Å²) in [6.07, 6.45) is 3.43. The van der Waals surface area contributed by atoms with Crippen molar-refractivity contribution in [2.75, 3.05) is 0 Å². The minimum atomic E-state index is -0.337. The fourth-order valence-electron chi connectivity index (χ4n) is 2.29. The number of hydrogen-bond acceptors (Lipinski definition) is 2. The monoisotopic (exact) mass is 444 g/mol. The molecule has 0 saturated heterocycles. The van der Waals surface area contributed by atoms with E-state index in [1.165, 1.54) is 6.07 Å². The number of halogens is 1. The molecule has 0 aliphatic heterocycles. The van der Waals surface area contributed by atoms with Crippen LogP contribution in [0.15, 0.2) is 53.2 Å². The Balaban J connectivity index is 0.00000121. The van der Waals surface area contributed by atoms with E-state index in [0.29, 0.717) is 22.2 Å². The first kappa shape index (κ1) is 13.0. The minimum Gasteiger partial charge on any atom is -0.513 e. The van der Waals surface area contributed by atoms with Gasteiger partial charge in [0, 0.05) is 43.7 Å².